The Kier molecular flexibility index (Phi) is 164. The summed E-state index contributed by atoms with van der Waals surface area (Å²) < 4.78 is 0. The number of halogens is 2. The molecule has 0 atom stereocenters. The fraction of sp³-hybridized carbons (Fsp3) is 0. The van der Waals surface area contributed by atoms with Crippen molar-refractivity contribution in [2.24, 2.45) is 0 Å². The van der Waals surface area contributed by atoms with Gasteiger partial charge in [-0.2, -0.15) is 0 Å². The Morgan fingerprint density at radius 3 is 0.600 bits per heavy atom. The Bertz CT molecular complexity index is 15.8. The molecule has 0 radical (unpaired) electrons. The molecule has 0 aromatic heterocycles. The first kappa shape index (κ1) is 34.4. The zero-order valence-electron chi connectivity index (χ0n) is 8.94. The van der Waals surface area contributed by atoms with Crippen LogP contribution in [-0.2, 0) is 0 Å². The molecular formula is H8Ca3Cl2. The van der Waals surface area contributed by atoms with Gasteiger partial charge < -0.3 is 8.56 Å². The molecule has 0 rings (SSSR count). The fourth-order valence-electron chi connectivity index (χ4n) is 0. The van der Waals surface area contributed by atoms with E-state index in [2.05, 4.69) is 0 Å². The van der Waals surface area contributed by atoms with Crippen molar-refractivity contribution in [2.45, 2.75) is 0 Å². The van der Waals surface area contributed by atoms with Gasteiger partial charge in [-0.15, -0.1) is 24.8 Å². The Morgan fingerprint density at radius 2 is 0.600 bits per heavy atom. The van der Waals surface area contributed by atoms with Crippen molar-refractivity contribution >= 4 is 138 Å². The number of hydrogen-bond acceptors (Lipinski definition) is 0. The molecule has 0 amide bonds. The average Bonchev–Trinajstić information content (AvgIpc) is 0. The number of hydrogen-bond donors (Lipinski definition) is 0. The van der Waals surface area contributed by atoms with Gasteiger partial charge in [0.1, 0.15) is 0 Å². The molecule has 0 aliphatic heterocycles. The van der Waals surface area contributed by atoms with Gasteiger partial charge in [-0.05, 0) is 0 Å². The van der Waals surface area contributed by atoms with Crippen LogP contribution in [0.4, 0.5) is 0 Å². The minimum Gasteiger partial charge on any atom is -1.00 e. The van der Waals surface area contributed by atoms with Crippen LogP contribution in [-0.4, -0.2) is 113 Å². The molecule has 0 saturated heterocycles. The van der Waals surface area contributed by atoms with E-state index in [0.29, 0.717) is 0 Å². The molecular weight excluding hydrogens is 191 g/mol. The van der Waals surface area contributed by atoms with E-state index in [4.69, 9.17) is 0 Å². The zero-order valence-corrected chi connectivity index (χ0v) is 11.2. The molecule has 0 saturated carbocycles. The average molecular weight is 199 g/mol. The molecule has 0 nitrogen and oxygen atoms in total. The second kappa shape index (κ2) is 23.8. The smallest absolute Gasteiger partial charge is 1.00 e. The van der Waals surface area contributed by atoms with E-state index in [0.717, 1.165) is 0 Å². The SMILES string of the molecule is Cl.Cl.[Ca+2].[Ca+2].[Ca+2].[H-].[H-].[H-].[H-].[H-].[H-]. The van der Waals surface area contributed by atoms with E-state index in [1.54, 1.807) is 0 Å². The summed E-state index contributed by atoms with van der Waals surface area (Å²) in [5.41, 5.74) is 0. The molecule has 0 aromatic carbocycles. The van der Waals surface area contributed by atoms with Crippen LogP contribution in [0.25, 0.3) is 0 Å². The first-order chi connectivity index (χ1) is 0. The normalized spacial score (nSPS) is 0. The van der Waals surface area contributed by atoms with Crippen LogP contribution < -0.4 is 0 Å². The van der Waals surface area contributed by atoms with Crippen molar-refractivity contribution in [2.75, 3.05) is 0 Å². The number of rotatable bonds is 0. The van der Waals surface area contributed by atoms with Crippen molar-refractivity contribution in [1.82, 2.24) is 0 Å². The molecule has 0 aromatic rings. The Balaban J connectivity index is 0. The summed E-state index contributed by atoms with van der Waals surface area (Å²) in [6, 6.07) is 0. The van der Waals surface area contributed by atoms with Gasteiger partial charge in [0.25, 0.3) is 0 Å². The molecule has 0 heterocycles. The maximum atomic E-state index is 0. The third-order valence-electron chi connectivity index (χ3n) is 0. The summed E-state index contributed by atoms with van der Waals surface area (Å²) in [6.07, 6.45) is 0. The summed E-state index contributed by atoms with van der Waals surface area (Å²) in [7, 11) is 0. The first-order valence-electron chi connectivity index (χ1n) is 0. The van der Waals surface area contributed by atoms with E-state index in [1.165, 1.54) is 0 Å². The van der Waals surface area contributed by atoms with Gasteiger partial charge >= 0.3 is 113 Å². The van der Waals surface area contributed by atoms with Gasteiger partial charge in [-0.3, -0.25) is 0 Å². The quantitative estimate of drug-likeness (QED) is 0.495. The Hall–Kier alpha value is 4.36. The van der Waals surface area contributed by atoms with Gasteiger partial charge in [-0.1, -0.05) is 0 Å². The van der Waals surface area contributed by atoms with Crippen molar-refractivity contribution in [3.63, 3.8) is 0 Å². The van der Waals surface area contributed by atoms with E-state index in [-0.39, 0.29) is 147 Å². The van der Waals surface area contributed by atoms with E-state index in [9.17, 15) is 0 Å². The topological polar surface area (TPSA) is 0 Å². The van der Waals surface area contributed by atoms with Gasteiger partial charge in [0.05, 0.1) is 0 Å². The molecule has 0 spiro atoms. The molecule has 0 aliphatic carbocycles. The van der Waals surface area contributed by atoms with E-state index < -0.39 is 0 Å². The molecule has 0 bridgehead atoms. The van der Waals surface area contributed by atoms with Crippen LogP contribution in [0.1, 0.15) is 8.56 Å². The summed E-state index contributed by atoms with van der Waals surface area (Å²) >= 11 is 0. The van der Waals surface area contributed by atoms with Gasteiger partial charge in [0, 0.05) is 0 Å². The summed E-state index contributed by atoms with van der Waals surface area (Å²) in [5.74, 6) is 0. The third kappa shape index (κ3) is 17.8. The van der Waals surface area contributed by atoms with Crippen molar-refractivity contribution < 1.29 is 8.56 Å². The van der Waals surface area contributed by atoms with Crippen LogP contribution in [0.2, 0.25) is 0 Å². The van der Waals surface area contributed by atoms with Crippen LogP contribution >= 0.6 is 24.8 Å². The van der Waals surface area contributed by atoms with Crippen LogP contribution in [0, 0.1) is 0 Å². The van der Waals surface area contributed by atoms with Crippen LogP contribution in [0.5, 0.6) is 0 Å². The van der Waals surface area contributed by atoms with Crippen LogP contribution in [0.3, 0.4) is 0 Å². The standard InChI is InChI=1S/3Ca.2ClH.6H/h;;;2*1H;;;;;;/q3*+2;;;6*-1. The predicted octanol–water partition coefficient (Wildman–Crippen LogP) is 0.376. The summed E-state index contributed by atoms with van der Waals surface area (Å²) in [6.45, 7) is 0. The van der Waals surface area contributed by atoms with E-state index >= 15 is 0 Å². The molecule has 5 heavy (non-hydrogen) atoms. The minimum atomic E-state index is 0. The molecule has 0 aliphatic rings. The van der Waals surface area contributed by atoms with Crippen molar-refractivity contribution in [3.8, 4) is 0 Å². The second-order valence-corrected chi connectivity index (χ2v) is 0. The maximum Gasteiger partial charge on any atom is 2.00 e. The zero-order chi connectivity index (χ0) is 0. The largest absolute Gasteiger partial charge is 2.00 e. The van der Waals surface area contributed by atoms with E-state index in [1.807, 2.05) is 0 Å². The molecule has 0 N–H and O–H groups in total. The summed E-state index contributed by atoms with van der Waals surface area (Å²) in [5, 5.41) is 0. The molecule has 0 fully saturated rings. The van der Waals surface area contributed by atoms with Crippen molar-refractivity contribution in [3.05, 3.63) is 0 Å². The molecule has 28 valence electrons. The second-order valence-electron chi connectivity index (χ2n) is 0. The molecule has 5 heteroatoms. The monoisotopic (exact) mass is 198 g/mol. The summed E-state index contributed by atoms with van der Waals surface area (Å²) in [4.78, 5) is 0. The molecule has 0 unspecified atom stereocenters. The Labute approximate surface area is 143 Å². The van der Waals surface area contributed by atoms with Gasteiger partial charge in [0.15, 0.2) is 0 Å². The fourth-order valence-corrected chi connectivity index (χ4v) is 0. The van der Waals surface area contributed by atoms with Gasteiger partial charge in [-0.25, -0.2) is 0 Å². The van der Waals surface area contributed by atoms with Crippen LogP contribution in [0.15, 0.2) is 0 Å². The predicted molar refractivity (Wildman–Crippen MR) is 38.4 cm³/mol. The third-order valence-corrected chi connectivity index (χ3v) is 0. The van der Waals surface area contributed by atoms with Crippen molar-refractivity contribution in [1.29, 1.82) is 0 Å². The maximum absolute atomic E-state index is 0. The minimum absolute atomic E-state index is 0. The first-order valence-corrected chi connectivity index (χ1v) is 0. The Morgan fingerprint density at radius 1 is 0.600 bits per heavy atom. The van der Waals surface area contributed by atoms with Gasteiger partial charge in [0.2, 0.25) is 0 Å².